The van der Waals surface area contributed by atoms with Gasteiger partial charge in [-0.3, -0.25) is 14.4 Å². The maximum Gasteiger partial charge on any atom is 0.262 e. The summed E-state index contributed by atoms with van der Waals surface area (Å²) in [4.78, 5) is 35.7. The van der Waals surface area contributed by atoms with Gasteiger partial charge in [0.15, 0.2) is 6.61 Å². The highest BCUT2D eigenvalue weighted by molar-refractivity contribution is 5.96. The lowest BCUT2D eigenvalue weighted by Crippen LogP contribution is -2.35. The SMILES string of the molecule is Cc1cccc(Nc2c(-c3ccc4c(c3)OCC(=O)N4)c(=O)c2=O)c1C. The summed E-state index contributed by atoms with van der Waals surface area (Å²) in [6, 6.07) is 10.8. The standard InChI is InChI=1S/C20H16N2O4/c1-10-4-3-5-13(11(10)2)22-18-17(19(24)20(18)25)12-6-7-14-15(8-12)26-9-16(23)21-14/h3-8,22H,9H2,1-2H3,(H,21,23). The lowest BCUT2D eigenvalue weighted by atomic mass is 9.97. The number of hydrogen-bond acceptors (Lipinski definition) is 5. The van der Waals surface area contributed by atoms with Gasteiger partial charge in [-0.2, -0.15) is 0 Å². The molecule has 0 unspecified atom stereocenters. The van der Waals surface area contributed by atoms with Crippen LogP contribution in [-0.2, 0) is 4.79 Å². The Hall–Kier alpha value is -3.41. The molecule has 3 aromatic carbocycles. The van der Waals surface area contributed by atoms with E-state index in [0.29, 0.717) is 22.6 Å². The van der Waals surface area contributed by atoms with Crippen LogP contribution in [-0.4, -0.2) is 12.5 Å². The summed E-state index contributed by atoms with van der Waals surface area (Å²) in [5.41, 5.74) is 3.58. The zero-order chi connectivity index (χ0) is 18.4. The summed E-state index contributed by atoms with van der Waals surface area (Å²) in [6.07, 6.45) is 0. The van der Waals surface area contributed by atoms with E-state index >= 15 is 0 Å². The first-order chi connectivity index (χ1) is 12.5. The molecule has 1 aliphatic rings. The van der Waals surface area contributed by atoms with Gasteiger partial charge in [0, 0.05) is 5.69 Å². The van der Waals surface area contributed by atoms with Crippen LogP contribution in [0.25, 0.3) is 11.1 Å². The molecule has 0 saturated carbocycles. The summed E-state index contributed by atoms with van der Waals surface area (Å²) < 4.78 is 5.39. The van der Waals surface area contributed by atoms with Gasteiger partial charge in [-0.15, -0.1) is 0 Å². The quantitative estimate of drug-likeness (QED) is 0.711. The highest BCUT2D eigenvalue weighted by Gasteiger charge is 2.25. The molecule has 26 heavy (non-hydrogen) atoms. The number of aryl methyl sites for hydroxylation is 1. The maximum absolute atomic E-state index is 12.2. The van der Waals surface area contributed by atoms with E-state index in [2.05, 4.69) is 10.6 Å². The molecule has 0 saturated heterocycles. The molecular formula is C20H16N2O4. The molecule has 0 bridgehead atoms. The van der Waals surface area contributed by atoms with Crippen molar-refractivity contribution in [2.75, 3.05) is 17.2 Å². The van der Waals surface area contributed by atoms with Crippen molar-refractivity contribution < 1.29 is 9.53 Å². The fraction of sp³-hybridized carbons (Fsp3) is 0.150. The number of carbonyl (C=O) groups excluding carboxylic acids is 1. The van der Waals surface area contributed by atoms with Gasteiger partial charge in [-0.1, -0.05) is 18.2 Å². The van der Waals surface area contributed by atoms with Crippen LogP contribution < -0.4 is 26.2 Å². The third-order valence-electron chi connectivity index (χ3n) is 4.68. The molecule has 0 radical (unpaired) electrons. The van der Waals surface area contributed by atoms with Crippen molar-refractivity contribution >= 4 is 23.0 Å². The number of amides is 1. The van der Waals surface area contributed by atoms with Gasteiger partial charge in [0.25, 0.3) is 11.3 Å². The smallest absolute Gasteiger partial charge is 0.262 e. The van der Waals surface area contributed by atoms with Crippen molar-refractivity contribution in [3.63, 3.8) is 0 Å². The second-order valence-corrected chi connectivity index (χ2v) is 6.33. The molecule has 1 aliphatic heterocycles. The molecule has 1 heterocycles. The molecule has 1 amide bonds. The third-order valence-corrected chi connectivity index (χ3v) is 4.68. The number of ether oxygens (including phenoxy) is 1. The lowest BCUT2D eigenvalue weighted by Gasteiger charge is -2.20. The number of hydrogen-bond donors (Lipinski definition) is 2. The average Bonchev–Trinajstić information content (AvgIpc) is 2.64. The van der Waals surface area contributed by atoms with E-state index < -0.39 is 10.9 Å². The topological polar surface area (TPSA) is 84.5 Å². The van der Waals surface area contributed by atoms with Gasteiger partial charge in [-0.25, -0.2) is 0 Å². The third kappa shape index (κ3) is 2.47. The van der Waals surface area contributed by atoms with E-state index in [-0.39, 0.29) is 18.2 Å². The number of nitrogens with one attached hydrogen (secondary N) is 2. The van der Waals surface area contributed by atoms with E-state index in [0.717, 1.165) is 16.8 Å². The normalized spacial score (nSPS) is 13.1. The van der Waals surface area contributed by atoms with Gasteiger partial charge < -0.3 is 15.4 Å². The molecule has 0 aromatic heterocycles. The molecule has 6 nitrogen and oxygen atoms in total. The Labute approximate surface area is 149 Å². The summed E-state index contributed by atoms with van der Waals surface area (Å²) in [5.74, 6) is 0.254. The first-order valence-electron chi connectivity index (χ1n) is 8.19. The minimum atomic E-state index is -0.534. The number of fused-ring (bicyclic) bond motifs is 1. The fourth-order valence-electron chi connectivity index (χ4n) is 3.04. The van der Waals surface area contributed by atoms with Gasteiger partial charge in [0.1, 0.15) is 11.4 Å². The lowest BCUT2D eigenvalue weighted by molar-refractivity contribution is -0.118. The molecule has 0 spiro atoms. The monoisotopic (exact) mass is 348 g/mol. The molecule has 0 aliphatic carbocycles. The fourth-order valence-corrected chi connectivity index (χ4v) is 3.04. The molecule has 2 N–H and O–H groups in total. The van der Waals surface area contributed by atoms with Crippen molar-refractivity contribution in [3.8, 4) is 16.9 Å². The van der Waals surface area contributed by atoms with Crippen molar-refractivity contribution in [1.29, 1.82) is 0 Å². The summed E-state index contributed by atoms with van der Waals surface area (Å²) in [5, 5.41) is 5.80. The maximum atomic E-state index is 12.2. The van der Waals surface area contributed by atoms with Gasteiger partial charge in [0.05, 0.1) is 11.3 Å². The average molecular weight is 348 g/mol. The molecule has 6 heteroatoms. The van der Waals surface area contributed by atoms with E-state index in [1.54, 1.807) is 18.2 Å². The molecular weight excluding hydrogens is 332 g/mol. The second kappa shape index (κ2) is 5.84. The molecule has 0 fully saturated rings. The van der Waals surface area contributed by atoms with Crippen molar-refractivity contribution in [2.24, 2.45) is 0 Å². The van der Waals surface area contributed by atoms with Gasteiger partial charge in [0.2, 0.25) is 5.43 Å². The first kappa shape index (κ1) is 16.1. The summed E-state index contributed by atoms with van der Waals surface area (Å²) >= 11 is 0. The number of benzene rings is 2. The Morgan fingerprint density at radius 2 is 1.85 bits per heavy atom. The largest absolute Gasteiger partial charge is 0.482 e. The molecule has 3 aromatic rings. The van der Waals surface area contributed by atoms with Gasteiger partial charge in [-0.05, 0) is 48.7 Å². The highest BCUT2D eigenvalue weighted by atomic mass is 16.5. The van der Waals surface area contributed by atoms with Crippen LogP contribution in [0.2, 0.25) is 0 Å². The summed E-state index contributed by atoms with van der Waals surface area (Å²) in [6.45, 7) is 3.87. The molecule has 0 atom stereocenters. The zero-order valence-corrected chi connectivity index (χ0v) is 14.3. The Morgan fingerprint density at radius 1 is 1.04 bits per heavy atom. The van der Waals surface area contributed by atoms with E-state index in [9.17, 15) is 14.4 Å². The minimum Gasteiger partial charge on any atom is -0.482 e. The van der Waals surface area contributed by atoms with Crippen LogP contribution in [0.15, 0.2) is 46.0 Å². The Morgan fingerprint density at radius 3 is 2.65 bits per heavy atom. The van der Waals surface area contributed by atoms with Crippen LogP contribution in [0.5, 0.6) is 5.75 Å². The van der Waals surface area contributed by atoms with Crippen LogP contribution in [0.1, 0.15) is 11.1 Å². The van der Waals surface area contributed by atoms with E-state index in [1.165, 1.54) is 0 Å². The Kier molecular flexibility index (Phi) is 3.61. The Balaban J connectivity index is 1.74. The van der Waals surface area contributed by atoms with Crippen molar-refractivity contribution in [1.82, 2.24) is 0 Å². The van der Waals surface area contributed by atoms with Gasteiger partial charge >= 0.3 is 0 Å². The van der Waals surface area contributed by atoms with Crippen LogP contribution in [0.4, 0.5) is 17.1 Å². The van der Waals surface area contributed by atoms with Crippen LogP contribution in [0.3, 0.4) is 0 Å². The predicted octanol–water partition coefficient (Wildman–Crippen LogP) is 2.64. The van der Waals surface area contributed by atoms with Crippen LogP contribution in [0, 0.1) is 13.8 Å². The van der Waals surface area contributed by atoms with Crippen LogP contribution >= 0.6 is 0 Å². The highest BCUT2D eigenvalue weighted by Crippen LogP contribution is 2.35. The molecule has 4 rings (SSSR count). The van der Waals surface area contributed by atoms with E-state index in [4.69, 9.17) is 4.74 Å². The summed E-state index contributed by atoms with van der Waals surface area (Å²) in [7, 11) is 0. The molecule has 130 valence electrons. The van der Waals surface area contributed by atoms with Crippen molar-refractivity contribution in [3.05, 3.63) is 68.0 Å². The minimum absolute atomic E-state index is 0.0734. The number of anilines is 3. The zero-order valence-electron chi connectivity index (χ0n) is 14.3. The number of carbonyl (C=O) groups is 1. The predicted molar refractivity (Wildman–Crippen MR) is 100 cm³/mol. The second-order valence-electron chi connectivity index (χ2n) is 6.33. The van der Waals surface area contributed by atoms with Crippen molar-refractivity contribution in [2.45, 2.75) is 13.8 Å². The number of rotatable bonds is 3. The Bertz CT molecular complexity index is 1120. The van der Waals surface area contributed by atoms with E-state index in [1.807, 2.05) is 32.0 Å². The first-order valence-corrected chi connectivity index (χ1v) is 8.19.